The van der Waals surface area contributed by atoms with Gasteiger partial charge in [0, 0.05) is 54.8 Å². The van der Waals surface area contributed by atoms with Crippen LogP contribution in [0.3, 0.4) is 0 Å². The van der Waals surface area contributed by atoms with E-state index in [2.05, 4.69) is 64.3 Å². The van der Waals surface area contributed by atoms with Crippen molar-refractivity contribution in [2.24, 2.45) is 5.92 Å². The first kappa shape index (κ1) is 25.0. The minimum absolute atomic E-state index is 0. The molecule has 0 amide bonds. The van der Waals surface area contributed by atoms with Crippen molar-refractivity contribution in [1.29, 1.82) is 0 Å². The molecule has 3 heterocycles. The summed E-state index contributed by atoms with van der Waals surface area (Å²) in [5, 5.41) is 0.857. The van der Waals surface area contributed by atoms with Crippen molar-refractivity contribution >= 4 is 22.0 Å². The summed E-state index contributed by atoms with van der Waals surface area (Å²) in [7, 11) is 0. The molecule has 4 nitrogen and oxygen atoms in total. The van der Waals surface area contributed by atoms with Gasteiger partial charge in [0.15, 0.2) is 0 Å². The minimum Gasteiger partial charge on any atom is -0.557 e. The number of fused-ring (bicyclic) bond motifs is 2. The molecule has 3 aromatic heterocycles. The van der Waals surface area contributed by atoms with Gasteiger partial charge < -0.3 is 14.0 Å². The average Bonchev–Trinajstić information content (AvgIpc) is 3.79. The van der Waals surface area contributed by atoms with Crippen molar-refractivity contribution < 1.29 is 35.5 Å². The van der Waals surface area contributed by atoms with Crippen LogP contribution < -0.4 is 0 Å². The summed E-state index contributed by atoms with van der Waals surface area (Å²) in [5.74, 6) is 0.582. The smallest absolute Gasteiger partial charge is 0.0774 e. The van der Waals surface area contributed by atoms with Gasteiger partial charge in [0.1, 0.15) is 0 Å². The second-order valence-electron chi connectivity index (χ2n) is 11.7. The quantitative estimate of drug-likeness (QED) is 0.157. The largest absolute Gasteiger partial charge is 0.557 e. The van der Waals surface area contributed by atoms with Crippen molar-refractivity contribution in [3.63, 3.8) is 0 Å². The molecule has 0 atom stereocenters. The molecule has 0 unspecified atom stereocenters. The fraction of sp³-hybridized carbons (Fsp3) is 0.136. The zero-order valence-corrected chi connectivity index (χ0v) is 29.3. The fourth-order valence-electron chi connectivity index (χ4n) is 5.59. The molecule has 0 bridgehead atoms. The second kappa shape index (κ2) is 15.0. The van der Waals surface area contributed by atoms with E-state index >= 15 is 0 Å². The van der Waals surface area contributed by atoms with Gasteiger partial charge in [0.05, 0.1) is 16.9 Å². The van der Waals surface area contributed by atoms with Gasteiger partial charge in [-0.1, -0.05) is 116 Å². The molecule has 8 aromatic rings. The molecule has 0 aliphatic rings. The summed E-state index contributed by atoms with van der Waals surface area (Å²) in [6.45, 7) is -0.571. The van der Waals surface area contributed by atoms with Gasteiger partial charge in [-0.15, -0.1) is 41.5 Å². The van der Waals surface area contributed by atoms with Gasteiger partial charge >= 0.3 is 0 Å². The van der Waals surface area contributed by atoms with Crippen molar-refractivity contribution in [3.05, 3.63) is 163 Å². The van der Waals surface area contributed by atoms with Crippen LogP contribution in [0.25, 0.3) is 61.5 Å². The molecule has 0 N–H and O–H groups in total. The van der Waals surface area contributed by atoms with E-state index in [0.717, 1.165) is 39.1 Å². The molecular formula is C44H37IrN3O-2. The number of hydrogen-bond donors (Lipinski definition) is 0. The van der Waals surface area contributed by atoms with E-state index in [1.165, 1.54) is 30.0 Å². The Labute approximate surface area is 313 Å². The predicted octanol–water partition coefficient (Wildman–Crippen LogP) is 11.3. The fourth-order valence-corrected chi connectivity index (χ4v) is 5.59. The number of benzene rings is 5. The molecule has 0 saturated heterocycles. The summed E-state index contributed by atoms with van der Waals surface area (Å²) in [5.41, 5.74) is 8.70. The van der Waals surface area contributed by atoms with E-state index < -0.39 is 20.1 Å². The molecule has 0 fully saturated rings. The van der Waals surface area contributed by atoms with Crippen molar-refractivity contribution in [3.8, 4) is 39.5 Å². The number of para-hydroxylation sites is 2. The molecule has 5 heteroatoms. The first-order chi connectivity index (χ1) is 26.6. The molecule has 0 saturated carbocycles. The van der Waals surface area contributed by atoms with Gasteiger partial charge in [0.2, 0.25) is 0 Å². The van der Waals surface area contributed by atoms with Crippen LogP contribution in [0.1, 0.15) is 41.5 Å². The maximum absolute atomic E-state index is 8.47. The van der Waals surface area contributed by atoms with Crippen molar-refractivity contribution in [2.75, 3.05) is 0 Å². The summed E-state index contributed by atoms with van der Waals surface area (Å²) in [4.78, 5) is 9.03. The van der Waals surface area contributed by atoms with Gasteiger partial charge in [-0.3, -0.25) is 4.98 Å². The maximum Gasteiger partial charge on any atom is 0.0774 e. The Morgan fingerprint density at radius 1 is 0.816 bits per heavy atom. The summed E-state index contributed by atoms with van der Waals surface area (Å²) < 4.78 is 68.5. The zero-order valence-electron chi connectivity index (χ0n) is 34.9. The number of imidazole rings is 1. The zero-order chi connectivity index (χ0) is 39.8. The van der Waals surface area contributed by atoms with E-state index in [9.17, 15) is 0 Å². The molecule has 0 aliphatic carbocycles. The number of furan rings is 1. The van der Waals surface area contributed by atoms with Crippen LogP contribution in [0, 0.1) is 32.0 Å². The van der Waals surface area contributed by atoms with Crippen LogP contribution in [0.4, 0.5) is 0 Å². The molecule has 8 rings (SSSR count). The first-order valence-electron chi connectivity index (χ1n) is 19.7. The number of hydrogen-bond acceptors (Lipinski definition) is 3. The van der Waals surface area contributed by atoms with Gasteiger partial charge in [-0.05, 0) is 65.8 Å². The van der Waals surface area contributed by atoms with Crippen molar-refractivity contribution in [1.82, 2.24) is 14.5 Å². The molecule has 5 aromatic carbocycles. The number of aryl methyl sites for hydroxylation is 2. The number of nitrogens with zero attached hydrogens (tertiary/aromatic N) is 3. The number of aromatic nitrogens is 3. The normalized spacial score (nSPS) is 14.2. The number of pyridine rings is 1. The van der Waals surface area contributed by atoms with E-state index in [-0.39, 0.29) is 37.2 Å². The first-order valence-corrected chi connectivity index (χ1v) is 15.7. The van der Waals surface area contributed by atoms with Gasteiger partial charge in [0.25, 0.3) is 0 Å². The topological polar surface area (TPSA) is 43.9 Å². The Morgan fingerprint density at radius 2 is 1.57 bits per heavy atom. The molecule has 1 radical (unpaired) electrons. The second-order valence-corrected chi connectivity index (χ2v) is 11.7. The molecular weight excluding hydrogens is 779 g/mol. The van der Waals surface area contributed by atoms with Crippen LogP contribution in [0.15, 0.2) is 138 Å². The van der Waals surface area contributed by atoms with Crippen LogP contribution >= 0.6 is 0 Å². The van der Waals surface area contributed by atoms with Gasteiger partial charge in [-0.25, -0.2) is 0 Å². The van der Waals surface area contributed by atoms with Crippen LogP contribution in [0.2, 0.25) is 0 Å². The van der Waals surface area contributed by atoms with Gasteiger partial charge in [-0.2, -0.15) is 0 Å². The van der Waals surface area contributed by atoms with E-state index in [1.54, 1.807) is 18.2 Å². The Balaban J connectivity index is 0.000000223. The standard InChI is InChI=1S/C31H25N2O.C13H12N.Ir/c1-21(2)18-22-12-17-26-27(20-34-30(26)19-22)31-32-28-10-6-7-11-29(28)33(31)25-15-13-24(14-16-25)23-8-4-3-5-9-23;1-10-3-6-12(7-4-10)13-8-5-11(2)9-14-13;/h3-17,19,21H,18H2,1-2H3;3-6,8-9H,1-2H3;/q2*-1;/i18D2;1D3,2D3;. The molecule has 245 valence electrons. The van der Waals surface area contributed by atoms with Crippen molar-refractivity contribution in [2.45, 2.75) is 33.9 Å². The maximum atomic E-state index is 8.47. The van der Waals surface area contributed by atoms with Crippen LogP contribution in [-0.4, -0.2) is 14.5 Å². The molecule has 0 spiro atoms. The Kier molecular flexibility index (Phi) is 7.64. The third-order valence-corrected chi connectivity index (χ3v) is 7.84. The monoisotopic (exact) mass is 824 g/mol. The Bertz CT molecular complexity index is 2540. The summed E-state index contributed by atoms with van der Waals surface area (Å²) >= 11 is 0. The Morgan fingerprint density at radius 3 is 2.29 bits per heavy atom. The SMILES string of the molecule is [2H]C([2H])([2H])c1c[c-]c(-c2ccc(C([2H])([2H])[2H])cn2)cc1.[2H]C([2H])(c1ccc2c(-c3nc4ccccc4n3-c3ccc(-c4ccccc4)cc3)[c-]oc2c1)C(C)C.[Ir]. The average molecular weight is 824 g/mol. The van der Waals surface area contributed by atoms with E-state index in [4.69, 9.17) is 20.4 Å². The predicted molar refractivity (Wildman–Crippen MR) is 197 cm³/mol. The van der Waals surface area contributed by atoms with Crippen LogP contribution in [-0.2, 0) is 26.5 Å². The molecule has 49 heavy (non-hydrogen) atoms. The third kappa shape index (κ3) is 7.49. The minimum atomic E-state index is -2.18. The van der Waals surface area contributed by atoms with Crippen LogP contribution in [0.5, 0.6) is 0 Å². The molecule has 0 aliphatic heterocycles. The number of rotatable bonds is 6. The summed E-state index contributed by atoms with van der Waals surface area (Å²) in [6, 6.07) is 42.9. The Hall–Kier alpha value is -5.09. The van der Waals surface area contributed by atoms with E-state index in [0.29, 0.717) is 22.4 Å². The van der Waals surface area contributed by atoms with E-state index in [1.807, 2.05) is 62.4 Å². The third-order valence-electron chi connectivity index (χ3n) is 7.84. The summed E-state index contributed by atoms with van der Waals surface area (Å²) in [6.07, 6.45) is 2.92.